The number of carbonyl (C=O) groups is 2. The number of anilines is 1. The predicted octanol–water partition coefficient (Wildman–Crippen LogP) is 1.67. The fraction of sp³-hybridized carbons (Fsp3) is 0.385. The molecular formula is C13H17N3O3. The number of para-hydroxylation sites is 2. The zero-order valence-electron chi connectivity index (χ0n) is 11.0. The van der Waals surface area contributed by atoms with Gasteiger partial charge in [0.05, 0.1) is 19.3 Å². The van der Waals surface area contributed by atoms with Crippen molar-refractivity contribution in [2.75, 3.05) is 31.6 Å². The Bertz CT molecular complexity index is 490. The zero-order chi connectivity index (χ0) is 13.8. The highest BCUT2D eigenvalue weighted by Gasteiger charge is 2.34. The molecule has 1 aliphatic rings. The van der Waals surface area contributed by atoms with Crippen LogP contribution in [-0.2, 0) is 0 Å². The molecule has 0 radical (unpaired) electrons. The van der Waals surface area contributed by atoms with Crippen LogP contribution >= 0.6 is 0 Å². The van der Waals surface area contributed by atoms with Gasteiger partial charge in [-0.25, -0.2) is 14.5 Å². The number of methoxy groups -OCH3 is 1. The molecule has 0 aliphatic carbocycles. The van der Waals surface area contributed by atoms with Crippen LogP contribution in [0.25, 0.3) is 0 Å². The largest absolute Gasteiger partial charge is 0.495 e. The van der Waals surface area contributed by atoms with E-state index in [1.165, 1.54) is 4.90 Å². The van der Waals surface area contributed by atoms with Crippen LogP contribution in [0.4, 0.5) is 15.3 Å². The molecule has 1 aliphatic heterocycles. The van der Waals surface area contributed by atoms with Crippen molar-refractivity contribution >= 4 is 17.7 Å². The Morgan fingerprint density at radius 1 is 1.37 bits per heavy atom. The molecule has 19 heavy (non-hydrogen) atoms. The van der Waals surface area contributed by atoms with Gasteiger partial charge in [-0.15, -0.1) is 0 Å². The van der Waals surface area contributed by atoms with E-state index in [9.17, 15) is 9.59 Å². The lowest BCUT2D eigenvalue weighted by atomic mass is 10.2. The van der Waals surface area contributed by atoms with E-state index in [0.29, 0.717) is 31.1 Å². The minimum atomic E-state index is -0.357. The van der Waals surface area contributed by atoms with E-state index in [1.54, 1.807) is 24.1 Å². The number of hydrogen-bond acceptors (Lipinski definition) is 3. The van der Waals surface area contributed by atoms with E-state index in [1.807, 2.05) is 19.1 Å². The van der Waals surface area contributed by atoms with Crippen LogP contribution < -0.4 is 15.0 Å². The van der Waals surface area contributed by atoms with Crippen LogP contribution in [0.5, 0.6) is 5.75 Å². The molecule has 1 aromatic carbocycles. The Morgan fingerprint density at radius 2 is 2.11 bits per heavy atom. The number of amides is 4. The van der Waals surface area contributed by atoms with Crippen molar-refractivity contribution in [3.05, 3.63) is 24.3 Å². The first-order chi connectivity index (χ1) is 9.19. The summed E-state index contributed by atoms with van der Waals surface area (Å²) >= 11 is 0. The molecule has 0 saturated carbocycles. The number of rotatable bonds is 3. The Balaban J connectivity index is 2.20. The summed E-state index contributed by atoms with van der Waals surface area (Å²) in [7, 11) is 1.56. The van der Waals surface area contributed by atoms with Crippen LogP contribution in [0.1, 0.15) is 6.92 Å². The number of benzene rings is 1. The molecule has 6 nitrogen and oxygen atoms in total. The molecule has 0 aromatic heterocycles. The summed E-state index contributed by atoms with van der Waals surface area (Å²) in [6, 6.07) is 6.58. The molecule has 0 atom stereocenters. The third-order valence-corrected chi connectivity index (χ3v) is 2.96. The van der Waals surface area contributed by atoms with Gasteiger partial charge >= 0.3 is 12.1 Å². The third-order valence-electron chi connectivity index (χ3n) is 2.96. The second kappa shape index (κ2) is 5.60. The average molecular weight is 263 g/mol. The van der Waals surface area contributed by atoms with Gasteiger partial charge in [0.15, 0.2) is 0 Å². The SMILES string of the molecule is CCNC(=O)N1CCN(c2ccccc2OC)C1=O. The highest BCUT2D eigenvalue weighted by molar-refractivity contribution is 6.04. The first-order valence-corrected chi connectivity index (χ1v) is 6.19. The normalized spacial score (nSPS) is 14.7. The highest BCUT2D eigenvalue weighted by Crippen LogP contribution is 2.30. The molecule has 6 heteroatoms. The molecule has 1 saturated heterocycles. The van der Waals surface area contributed by atoms with Gasteiger partial charge in [0.1, 0.15) is 5.75 Å². The van der Waals surface area contributed by atoms with E-state index in [4.69, 9.17) is 4.74 Å². The van der Waals surface area contributed by atoms with Crippen LogP contribution in [0.3, 0.4) is 0 Å². The topological polar surface area (TPSA) is 61.9 Å². The Labute approximate surface area is 111 Å². The van der Waals surface area contributed by atoms with E-state index < -0.39 is 0 Å². The predicted molar refractivity (Wildman–Crippen MR) is 71.5 cm³/mol. The number of urea groups is 2. The van der Waals surface area contributed by atoms with Crippen LogP contribution in [-0.4, -0.2) is 43.7 Å². The minimum absolute atomic E-state index is 0.324. The van der Waals surface area contributed by atoms with Crippen molar-refractivity contribution in [2.24, 2.45) is 0 Å². The lowest BCUT2D eigenvalue weighted by molar-refractivity contribution is 0.200. The molecule has 0 spiro atoms. The van der Waals surface area contributed by atoms with Gasteiger partial charge in [0.2, 0.25) is 0 Å². The molecular weight excluding hydrogens is 246 g/mol. The molecule has 102 valence electrons. The number of imide groups is 1. The smallest absolute Gasteiger partial charge is 0.332 e. The van der Waals surface area contributed by atoms with Gasteiger partial charge in [-0.1, -0.05) is 12.1 Å². The Kier molecular flexibility index (Phi) is 3.89. The van der Waals surface area contributed by atoms with Gasteiger partial charge in [-0.05, 0) is 19.1 Å². The summed E-state index contributed by atoms with van der Waals surface area (Å²) in [5.41, 5.74) is 0.682. The fourth-order valence-corrected chi connectivity index (χ4v) is 2.05. The van der Waals surface area contributed by atoms with E-state index >= 15 is 0 Å². The zero-order valence-corrected chi connectivity index (χ0v) is 11.0. The summed E-state index contributed by atoms with van der Waals surface area (Å²) in [5, 5.41) is 2.63. The third kappa shape index (κ3) is 2.47. The minimum Gasteiger partial charge on any atom is -0.495 e. The first-order valence-electron chi connectivity index (χ1n) is 6.19. The molecule has 1 aromatic rings. The number of nitrogens with zero attached hydrogens (tertiary/aromatic N) is 2. The van der Waals surface area contributed by atoms with Crippen LogP contribution in [0, 0.1) is 0 Å². The Hall–Kier alpha value is -2.24. The fourth-order valence-electron chi connectivity index (χ4n) is 2.05. The second-order valence-corrected chi connectivity index (χ2v) is 4.09. The van der Waals surface area contributed by atoms with Gasteiger partial charge < -0.3 is 10.1 Å². The number of hydrogen-bond donors (Lipinski definition) is 1. The quantitative estimate of drug-likeness (QED) is 0.902. The van der Waals surface area contributed by atoms with Gasteiger partial charge in [0.25, 0.3) is 0 Å². The summed E-state index contributed by atoms with van der Waals surface area (Å²) in [4.78, 5) is 26.7. The number of ether oxygens (including phenoxy) is 1. The molecule has 4 amide bonds. The summed E-state index contributed by atoms with van der Waals surface area (Å²) in [6.07, 6.45) is 0. The second-order valence-electron chi connectivity index (χ2n) is 4.09. The lowest BCUT2D eigenvalue weighted by Crippen LogP contribution is -2.42. The lowest BCUT2D eigenvalue weighted by Gasteiger charge is -2.19. The van der Waals surface area contributed by atoms with Gasteiger partial charge in [0, 0.05) is 13.1 Å². The van der Waals surface area contributed by atoms with Crippen molar-refractivity contribution in [3.63, 3.8) is 0 Å². The monoisotopic (exact) mass is 263 g/mol. The molecule has 0 bridgehead atoms. The number of nitrogens with one attached hydrogen (secondary N) is 1. The van der Waals surface area contributed by atoms with Crippen molar-refractivity contribution in [1.29, 1.82) is 0 Å². The summed E-state index contributed by atoms with van der Waals surface area (Å²) in [5.74, 6) is 0.619. The average Bonchev–Trinajstić information content (AvgIpc) is 2.80. The van der Waals surface area contributed by atoms with E-state index in [-0.39, 0.29) is 12.1 Å². The van der Waals surface area contributed by atoms with Crippen molar-refractivity contribution in [1.82, 2.24) is 10.2 Å². The van der Waals surface area contributed by atoms with E-state index in [0.717, 1.165) is 0 Å². The van der Waals surface area contributed by atoms with Crippen molar-refractivity contribution in [2.45, 2.75) is 6.92 Å². The van der Waals surface area contributed by atoms with Gasteiger partial charge in [-0.2, -0.15) is 0 Å². The maximum absolute atomic E-state index is 12.2. The standard InChI is InChI=1S/C13H17N3O3/c1-3-14-12(17)16-9-8-15(13(16)18)10-6-4-5-7-11(10)19-2/h4-7H,3,8-9H2,1-2H3,(H,14,17). The van der Waals surface area contributed by atoms with Crippen molar-refractivity contribution in [3.8, 4) is 5.75 Å². The maximum atomic E-state index is 12.2. The molecule has 2 rings (SSSR count). The molecule has 1 heterocycles. The summed E-state index contributed by atoms with van der Waals surface area (Å²) in [6.45, 7) is 3.16. The number of carbonyl (C=O) groups excluding carboxylic acids is 2. The molecule has 0 unspecified atom stereocenters. The molecule has 1 N–H and O–H groups in total. The summed E-state index contributed by atoms with van der Waals surface area (Å²) < 4.78 is 5.24. The maximum Gasteiger partial charge on any atom is 0.332 e. The molecule has 1 fully saturated rings. The Morgan fingerprint density at radius 3 is 2.79 bits per heavy atom. The van der Waals surface area contributed by atoms with E-state index in [2.05, 4.69) is 5.32 Å². The first kappa shape index (κ1) is 13.2. The highest BCUT2D eigenvalue weighted by atomic mass is 16.5. The van der Waals surface area contributed by atoms with Gasteiger partial charge in [-0.3, -0.25) is 4.90 Å². The van der Waals surface area contributed by atoms with Crippen molar-refractivity contribution < 1.29 is 14.3 Å². The van der Waals surface area contributed by atoms with Crippen LogP contribution in [0.2, 0.25) is 0 Å². The van der Waals surface area contributed by atoms with Crippen LogP contribution in [0.15, 0.2) is 24.3 Å².